The largest absolute Gasteiger partial charge is 0.383 e. The lowest BCUT2D eigenvalue weighted by molar-refractivity contribution is 0.0956. The molecule has 110 valence electrons. The molecule has 1 amide bonds. The number of aliphatic hydroxyl groups is 1. The molecule has 0 aliphatic carbocycles. The van der Waals surface area contributed by atoms with E-state index in [2.05, 4.69) is 18.3 Å². The van der Waals surface area contributed by atoms with Gasteiger partial charge >= 0.3 is 0 Å². The number of benzene rings is 1. The first kappa shape index (κ1) is 14.3. The van der Waals surface area contributed by atoms with Gasteiger partial charge in [0.1, 0.15) is 6.10 Å². The lowest BCUT2D eigenvalue weighted by Crippen LogP contribution is -2.22. The first-order valence-electron chi connectivity index (χ1n) is 7.36. The Hall–Kier alpha value is -1.65. The van der Waals surface area contributed by atoms with E-state index in [1.807, 2.05) is 24.3 Å². The fraction of sp³-hybridized carbons (Fsp3) is 0.353. The summed E-state index contributed by atoms with van der Waals surface area (Å²) in [5, 5.41) is 13.4. The van der Waals surface area contributed by atoms with Crippen LogP contribution in [0.1, 0.15) is 50.7 Å². The minimum Gasteiger partial charge on any atom is -0.383 e. The number of aryl methyl sites for hydroxylation is 2. The molecule has 1 aliphatic heterocycles. The number of fused-ring (bicyclic) bond motifs is 1. The Morgan fingerprint density at radius 2 is 2.19 bits per heavy atom. The average molecular weight is 301 g/mol. The molecule has 0 bridgehead atoms. The second-order valence-corrected chi connectivity index (χ2v) is 6.54. The number of rotatable bonds is 3. The van der Waals surface area contributed by atoms with Gasteiger partial charge in [-0.15, -0.1) is 11.3 Å². The maximum Gasteiger partial charge on any atom is 0.251 e. The van der Waals surface area contributed by atoms with Crippen molar-refractivity contribution in [2.75, 3.05) is 6.54 Å². The molecule has 1 unspecified atom stereocenters. The van der Waals surface area contributed by atoms with Gasteiger partial charge in [-0.2, -0.15) is 0 Å². The highest BCUT2D eigenvalue weighted by Gasteiger charge is 2.19. The Bertz CT molecular complexity index is 663. The molecule has 21 heavy (non-hydrogen) atoms. The van der Waals surface area contributed by atoms with Gasteiger partial charge in [0.2, 0.25) is 0 Å². The fourth-order valence-electron chi connectivity index (χ4n) is 2.67. The molecule has 1 aromatic carbocycles. The summed E-state index contributed by atoms with van der Waals surface area (Å²) in [6.45, 7) is 2.82. The molecule has 2 aromatic rings. The van der Waals surface area contributed by atoms with E-state index in [9.17, 15) is 9.90 Å². The van der Waals surface area contributed by atoms with Crippen molar-refractivity contribution >= 4 is 17.2 Å². The minimum absolute atomic E-state index is 0.0306. The molecule has 0 fully saturated rings. The van der Waals surface area contributed by atoms with Crippen LogP contribution in [-0.4, -0.2) is 17.6 Å². The number of hydrogen-bond donors (Lipinski definition) is 2. The monoisotopic (exact) mass is 301 g/mol. The van der Waals surface area contributed by atoms with Gasteiger partial charge in [0.05, 0.1) is 0 Å². The smallest absolute Gasteiger partial charge is 0.251 e. The topological polar surface area (TPSA) is 49.3 Å². The maximum atomic E-state index is 12.1. The normalized spacial score (nSPS) is 16.0. The summed E-state index contributed by atoms with van der Waals surface area (Å²) in [4.78, 5) is 14.3. The Kier molecular flexibility index (Phi) is 4.08. The van der Waals surface area contributed by atoms with E-state index in [0.717, 1.165) is 41.8 Å². The molecule has 2 heterocycles. The Morgan fingerprint density at radius 1 is 1.33 bits per heavy atom. The zero-order valence-electron chi connectivity index (χ0n) is 12.1. The van der Waals surface area contributed by atoms with Gasteiger partial charge in [0.25, 0.3) is 5.91 Å². The number of carbonyl (C=O) groups excluding carboxylic acids is 1. The van der Waals surface area contributed by atoms with Crippen LogP contribution in [0.15, 0.2) is 30.3 Å². The quantitative estimate of drug-likeness (QED) is 0.915. The number of nitrogens with one attached hydrogen (secondary N) is 1. The van der Waals surface area contributed by atoms with Crippen LogP contribution < -0.4 is 5.32 Å². The molecule has 3 nitrogen and oxygen atoms in total. The van der Waals surface area contributed by atoms with Crippen LogP contribution >= 0.6 is 11.3 Å². The van der Waals surface area contributed by atoms with E-state index in [-0.39, 0.29) is 5.91 Å². The van der Waals surface area contributed by atoms with Gasteiger partial charge in [0, 0.05) is 21.9 Å². The van der Waals surface area contributed by atoms with Crippen LogP contribution in [0.4, 0.5) is 0 Å². The molecule has 3 rings (SSSR count). The summed E-state index contributed by atoms with van der Waals surface area (Å²) in [5.41, 5.74) is 2.56. The lowest BCUT2D eigenvalue weighted by atomic mass is 9.98. The number of carbonyl (C=O) groups is 1. The van der Waals surface area contributed by atoms with Crippen LogP contribution in [0.5, 0.6) is 0 Å². The molecule has 1 aliphatic rings. The van der Waals surface area contributed by atoms with Crippen molar-refractivity contribution in [2.24, 2.45) is 0 Å². The summed E-state index contributed by atoms with van der Waals surface area (Å²) < 4.78 is 0. The van der Waals surface area contributed by atoms with E-state index in [4.69, 9.17) is 0 Å². The summed E-state index contributed by atoms with van der Waals surface area (Å²) in [6.07, 6.45) is 2.19. The molecule has 4 heteroatoms. The first-order chi connectivity index (χ1) is 10.2. The van der Waals surface area contributed by atoms with E-state index in [1.54, 1.807) is 11.3 Å². The predicted molar refractivity (Wildman–Crippen MR) is 84.9 cm³/mol. The Morgan fingerprint density at radius 3 is 2.95 bits per heavy atom. The minimum atomic E-state index is -0.656. The average Bonchev–Trinajstić information content (AvgIpc) is 2.92. The number of aliphatic hydroxyl groups excluding tert-OH is 1. The molecule has 1 aromatic heterocycles. The molecule has 2 N–H and O–H groups in total. The highest BCUT2D eigenvalue weighted by molar-refractivity contribution is 7.12. The zero-order valence-corrected chi connectivity index (χ0v) is 12.9. The van der Waals surface area contributed by atoms with Gasteiger partial charge in [-0.05, 0) is 48.6 Å². The molecule has 1 atom stereocenters. The highest BCUT2D eigenvalue weighted by Crippen LogP contribution is 2.30. The molecular formula is C17H19NO2S. The number of thiophene rings is 1. The van der Waals surface area contributed by atoms with Gasteiger partial charge < -0.3 is 10.4 Å². The van der Waals surface area contributed by atoms with Crippen LogP contribution in [0.2, 0.25) is 0 Å². The van der Waals surface area contributed by atoms with Crippen LogP contribution in [0.3, 0.4) is 0 Å². The molecular weight excluding hydrogens is 282 g/mol. The van der Waals surface area contributed by atoms with Crippen LogP contribution in [0, 0.1) is 0 Å². The molecule has 0 saturated heterocycles. The van der Waals surface area contributed by atoms with Crippen molar-refractivity contribution in [3.63, 3.8) is 0 Å². The van der Waals surface area contributed by atoms with Crippen molar-refractivity contribution in [3.8, 4) is 0 Å². The third kappa shape index (κ3) is 2.87. The zero-order chi connectivity index (χ0) is 14.8. The third-order valence-corrected chi connectivity index (χ3v) is 5.19. The van der Waals surface area contributed by atoms with E-state index in [1.165, 1.54) is 4.88 Å². The van der Waals surface area contributed by atoms with Crippen molar-refractivity contribution in [1.82, 2.24) is 5.32 Å². The predicted octanol–water partition coefficient (Wildman–Crippen LogP) is 3.07. The summed E-state index contributed by atoms with van der Waals surface area (Å²) >= 11 is 1.63. The Balaban J connectivity index is 1.93. The van der Waals surface area contributed by atoms with Crippen molar-refractivity contribution in [2.45, 2.75) is 32.3 Å². The van der Waals surface area contributed by atoms with E-state index < -0.39 is 6.10 Å². The molecule has 0 spiro atoms. The Labute approximate surface area is 128 Å². The van der Waals surface area contributed by atoms with Gasteiger partial charge in [-0.3, -0.25) is 4.79 Å². The standard InChI is InChI=1S/C17H19NO2S/c1-2-13-7-8-15(21-13)16(19)12-6-5-11-4-3-9-18-17(20)14(11)10-12/h5-8,10,16,19H,2-4,9H2,1H3,(H,18,20). The van der Waals surface area contributed by atoms with Crippen molar-refractivity contribution < 1.29 is 9.90 Å². The summed E-state index contributed by atoms with van der Waals surface area (Å²) in [7, 11) is 0. The SMILES string of the molecule is CCc1ccc(C(O)c2ccc3c(c2)C(=O)NCCC3)s1. The lowest BCUT2D eigenvalue weighted by Gasteiger charge is -2.12. The van der Waals surface area contributed by atoms with Gasteiger partial charge in [-0.25, -0.2) is 0 Å². The first-order valence-corrected chi connectivity index (χ1v) is 8.18. The number of hydrogen-bond acceptors (Lipinski definition) is 3. The third-order valence-electron chi connectivity index (χ3n) is 3.90. The summed E-state index contributed by atoms with van der Waals surface area (Å²) in [6, 6.07) is 9.78. The van der Waals surface area contributed by atoms with Crippen LogP contribution in [0.25, 0.3) is 0 Å². The maximum absolute atomic E-state index is 12.1. The highest BCUT2D eigenvalue weighted by atomic mass is 32.1. The van der Waals surface area contributed by atoms with Gasteiger partial charge in [-0.1, -0.05) is 19.1 Å². The van der Waals surface area contributed by atoms with Gasteiger partial charge in [0.15, 0.2) is 0 Å². The molecule has 0 saturated carbocycles. The second kappa shape index (κ2) is 6.00. The number of amides is 1. The van der Waals surface area contributed by atoms with E-state index >= 15 is 0 Å². The fourth-order valence-corrected chi connectivity index (χ4v) is 3.63. The van der Waals surface area contributed by atoms with Crippen LogP contribution in [-0.2, 0) is 12.8 Å². The van der Waals surface area contributed by atoms with E-state index in [0.29, 0.717) is 5.56 Å². The second-order valence-electron chi connectivity index (χ2n) is 5.34. The molecule has 0 radical (unpaired) electrons. The summed E-state index contributed by atoms with van der Waals surface area (Å²) in [5.74, 6) is -0.0306. The van der Waals surface area contributed by atoms with Crippen molar-refractivity contribution in [3.05, 3.63) is 56.8 Å². The van der Waals surface area contributed by atoms with Crippen molar-refractivity contribution in [1.29, 1.82) is 0 Å².